The first-order valence-electron chi connectivity index (χ1n) is 7.28. The van der Waals surface area contributed by atoms with E-state index in [1.54, 1.807) is 49.2 Å². The van der Waals surface area contributed by atoms with Crippen molar-refractivity contribution >= 4 is 29.6 Å². The molecule has 0 bridgehead atoms. The van der Waals surface area contributed by atoms with Gasteiger partial charge in [0.1, 0.15) is 5.75 Å². The molecule has 0 radical (unpaired) electrons. The molecular formula is C19H18O4S. The third kappa shape index (κ3) is 5.28. The fourth-order valence-corrected chi connectivity index (χ4v) is 2.33. The van der Waals surface area contributed by atoms with Crippen molar-refractivity contribution in [1.29, 1.82) is 0 Å². The van der Waals surface area contributed by atoms with Gasteiger partial charge >= 0.3 is 5.97 Å². The minimum atomic E-state index is -0.550. The Bertz CT molecular complexity index is 718. The van der Waals surface area contributed by atoms with Gasteiger partial charge in [0.25, 0.3) is 0 Å². The van der Waals surface area contributed by atoms with Crippen molar-refractivity contribution in [3.8, 4) is 5.75 Å². The molecule has 2 rings (SSSR count). The summed E-state index contributed by atoms with van der Waals surface area (Å²) in [4.78, 5) is 24.8. The molecule has 0 fully saturated rings. The summed E-state index contributed by atoms with van der Waals surface area (Å²) in [6.07, 6.45) is 4.97. The molecule has 0 aliphatic carbocycles. The Morgan fingerprint density at radius 2 is 1.71 bits per heavy atom. The van der Waals surface area contributed by atoms with Crippen LogP contribution in [-0.4, -0.2) is 31.7 Å². The zero-order valence-electron chi connectivity index (χ0n) is 13.5. The summed E-state index contributed by atoms with van der Waals surface area (Å²) in [7, 11) is 1.56. The van der Waals surface area contributed by atoms with Crippen molar-refractivity contribution in [2.24, 2.45) is 0 Å². The maximum absolute atomic E-state index is 11.9. The van der Waals surface area contributed by atoms with Crippen molar-refractivity contribution < 1.29 is 19.1 Å². The van der Waals surface area contributed by atoms with Crippen LogP contribution < -0.4 is 4.74 Å². The topological polar surface area (TPSA) is 52.6 Å². The maximum Gasteiger partial charge on any atom is 0.331 e. The third-order valence-electron chi connectivity index (χ3n) is 3.29. The second-order valence-corrected chi connectivity index (χ2v) is 5.75. The van der Waals surface area contributed by atoms with Crippen LogP contribution in [0.25, 0.3) is 6.08 Å². The average Bonchev–Trinajstić information content (AvgIpc) is 2.64. The molecule has 0 saturated heterocycles. The molecule has 2 aromatic rings. The van der Waals surface area contributed by atoms with Gasteiger partial charge in [-0.15, -0.1) is 11.8 Å². The van der Waals surface area contributed by atoms with E-state index in [9.17, 15) is 9.59 Å². The second-order valence-electron chi connectivity index (χ2n) is 4.87. The lowest BCUT2D eigenvalue weighted by molar-refractivity contribution is -0.136. The molecular weight excluding hydrogens is 324 g/mol. The number of rotatable bonds is 7. The largest absolute Gasteiger partial charge is 0.497 e. The minimum Gasteiger partial charge on any atom is -0.497 e. The number of Topliss-reactive ketones (excluding diaryl/α,β-unsaturated/α-hetero) is 1. The predicted octanol–water partition coefficient (Wildman–Crippen LogP) is 3.86. The summed E-state index contributed by atoms with van der Waals surface area (Å²) in [6.45, 7) is -0.291. The molecule has 0 unspecified atom stereocenters. The van der Waals surface area contributed by atoms with Crippen LogP contribution in [0.3, 0.4) is 0 Å². The van der Waals surface area contributed by atoms with Crippen LogP contribution in [0.4, 0.5) is 0 Å². The van der Waals surface area contributed by atoms with Crippen molar-refractivity contribution in [2.75, 3.05) is 20.0 Å². The smallest absolute Gasteiger partial charge is 0.331 e. The number of carbonyl (C=O) groups excluding carboxylic acids is 2. The number of hydrogen-bond acceptors (Lipinski definition) is 5. The highest BCUT2D eigenvalue weighted by Gasteiger charge is 2.08. The highest BCUT2D eigenvalue weighted by molar-refractivity contribution is 7.98. The normalized spacial score (nSPS) is 10.6. The average molecular weight is 342 g/mol. The Morgan fingerprint density at radius 3 is 2.29 bits per heavy atom. The van der Waals surface area contributed by atoms with Crippen molar-refractivity contribution in [3.05, 3.63) is 65.7 Å². The minimum absolute atomic E-state index is 0.260. The summed E-state index contributed by atoms with van der Waals surface area (Å²) in [6, 6.07) is 14.4. The molecule has 0 N–H and O–H groups in total. The molecule has 2 aromatic carbocycles. The standard InChI is InChI=1S/C19H18O4S/c1-22-16-8-6-15(7-9-16)18(20)13-23-19(21)12-5-14-3-10-17(24-2)11-4-14/h3-12H,13H2,1-2H3/b12-5+. The lowest BCUT2D eigenvalue weighted by Crippen LogP contribution is -2.12. The number of ether oxygens (including phenoxy) is 2. The Morgan fingerprint density at radius 1 is 1.04 bits per heavy atom. The van der Waals surface area contributed by atoms with E-state index in [-0.39, 0.29) is 12.4 Å². The summed E-state index contributed by atoms with van der Waals surface area (Å²) >= 11 is 1.65. The third-order valence-corrected chi connectivity index (χ3v) is 4.03. The fourth-order valence-electron chi connectivity index (χ4n) is 1.92. The number of carbonyl (C=O) groups is 2. The van der Waals surface area contributed by atoms with Gasteiger partial charge in [0.15, 0.2) is 12.4 Å². The predicted molar refractivity (Wildman–Crippen MR) is 95.5 cm³/mol. The van der Waals surface area contributed by atoms with E-state index in [0.29, 0.717) is 11.3 Å². The van der Waals surface area contributed by atoms with Crippen molar-refractivity contribution in [2.45, 2.75) is 4.90 Å². The zero-order valence-corrected chi connectivity index (χ0v) is 14.3. The van der Waals surface area contributed by atoms with Gasteiger partial charge in [-0.25, -0.2) is 4.79 Å². The molecule has 4 nitrogen and oxygen atoms in total. The lowest BCUT2D eigenvalue weighted by atomic mass is 10.1. The quantitative estimate of drug-likeness (QED) is 0.331. The molecule has 0 atom stereocenters. The van der Waals surface area contributed by atoms with Crippen LogP contribution in [0.1, 0.15) is 15.9 Å². The molecule has 24 heavy (non-hydrogen) atoms. The van der Waals surface area contributed by atoms with Crippen LogP contribution in [0.2, 0.25) is 0 Å². The molecule has 5 heteroatoms. The Hall–Kier alpha value is -2.53. The van der Waals surface area contributed by atoms with Crippen molar-refractivity contribution in [3.63, 3.8) is 0 Å². The van der Waals surface area contributed by atoms with Gasteiger partial charge in [0, 0.05) is 16.5 Å². The van der Waals surface area contributed by atoms with E-state index in [2.05, 4.69) is 0 Å². The first kappa shape index (κ1) is 17.8. The molecule has 0 aliphatic rings. The van der Waals surface area contributed by atoms with Crippen LogP contribution in [0.5, 0.6) is 5.75 Å². The van der Waals surface area contributed by atoms with E-state index in [1.807, 2.05) is 30.5 Å². The van der Waals surface area contributed by atoms with Gasteiger partial charge in [0.05, 0.1) is 7.11 Å². The molecule has 0 aromatic heterocycles. The van der Waals surface area contributed by atoms with Gasteiger partial charge < -0.3 is 9.47 Å². The van der Waals surface area contributed by atoms with E-state index < -0.39 is 5.97 Å². The van der Waals surface area contributed by atoms with E-state index in [0.717, 1.165) is 10.5 Å². The van der Waals surface area contributed by atoms with E-state index in [4.69, 9.17) is 9.47 Å². The molecule has 124 valence electrons. The van der Waals surface area contributed by atoms with Crippen LogP contribution >= 0.6 is 11.8 Å². The van der Waals surface area contributed by atoms with E-state index in [1.165, 1.54) is 6.08 Å². The first-order chi connectivity index (χ1) is 11.6. The number of methoxy groups -OCH3 is 1. The zero-order chi connectivity index (χ0) is 17.4. The van der Waals surface area contributed by atoms with Crippen molar-refractivity contribution in [1.82, 2.24) is 0 Å². The number of thioether (sulfide) groups is 1. The van der Waals surface area contributed by atoms with Crippen LogP contribution in [0, 0.1) is 0 Å². The molecule has 0 aliphatic heterocycles. The molecule has 0 heterocycles. The maximum atomic E-state index is 11.9. The SMILES string of the molecule is COc1ccc(C(=O)COC(=O)/C=C/c2ccc(SC)cc2)cc1. The Labute approximate surface area is 145 Å². The molecule has 0 spiro atoms. The van der Waals surface area contributed by atoms with Gasteiger partial charge in [-0.05, 0) is 54.3 Å². The summed E-state index contributed by atoms with van der Waals surface area (Å²) in [5, 5.41) is 0. The number of hydrogen-bond donors (Lipinski definition) is 0. The number of benzene rings is 2. The highest BCUT2D eigenvalue weighted by atomic mass is 32.2. The Balaban J connectivity index is 1.85. The van der Waals surface area contributed by atoms with E-state index >= 15 is 0 Å². The molecule has 0 amide bonds. The van der Waals surface area contributed by atoms with Crippen LogP contribution in [0.15, 0.2) is 59.5 Å². The lowest BCUT2D eigenvalue weighted by Gasteiger charge is -2.03. The van der Waals surface area contributed by atoms with Gasteiger partial charge in [-0.3, -0.25) is 4.79 Å². The number of ketones is 1. The highest BCUT2D eigenvalue weighted by Crippen LogP contribution is 2.15. The first-order valence-corrected chi connectivity index (χ1v) is 8.51. The van der Waals surface area contributed by atoms with Crippen LogP contribution in [-0.2, 0) is 9.53 Å². The van der Waals surface area contributed by atoms with Gasteiger partial charge in [-0.1, -0.05) is 12.1 Å². The summed E-state index contributed by atoms with van der Waals surface area (Å²) in [5.74, 6) is -0.145. The second kappa shape index (κ2) is 8.93. The molecule has 0 saturated carbocycles. The summed E-state index contributed by atoms with van der Waals surface area (Å²) in [5.41, 5.74) is 1.37. The Kier molecular flexibility index (Phi) is 6.63. The fraction of sp³-hybridized carbons (Fsp3) is 0.158. The number of esters is 1. The summed E-state index contributed by atoms with van der Waals surface area (Å²) < 4.78 is 10.00. The van der Waals surface area contributed by atoms with Gasteiger partial charge in [0.2, 0.25) is 0 Å². The van der Waals surface area contributed by atoms with Gasteiger partial charge in [-0.2, -0.15) is 0 Å². The monoisotopic (exact) mass is 342 g/mol.